The molecule has 0 aliphatic carbocycles. The van der Waals surface area contributed by atoms with E-state index < -0.39 is 0 Å². The molecule has 0 bridgehead atoms. The number of amidine groups is 1. The summed E-state index contributed by atoms with van der Waals surface area (Å²) in [4.78, 5) is 17.6. The molecule has 0 radical (unpaired) electrons. The van der Waals surface area contributed by atoms with Crippen LogP contribution >= 0.6 is 57.6 Å². The van der Waals surface area contributed by atoms with Crippen LogP contribution in [0, 0.1) is 24.3 Å². The van der Waals surface area contributed by atoms with Gasteiger partial charge in [-0.1, -0.05) is 23.2 Å². The maximum Gasteiger partial charge on any atom is 0.264 e. The number of hydrogen-bond acceptors (Lipinski definition) is 3. The zero-order valence-corrected chi connectivity index (χ0v) is 21.4. The van der Waals surface area contributed by atoms with Gasteiger partial charge in [-0.25, -0.2) is 4.99 Å². The van der Waals surface area contributed by atoms with Crippen LogP contribution in [0.2, 0.25) is 10.0 Å². The van der Waals surface area contributed by atoms with Crippen molar-refractivity contribution in [3.63, 3.8) is 0 Å². The Kier molecular flexibility index (Phi) is 6.53. The Hall–Kier alpha value is -1.74. The lowest BCUT2D eigenvalue weighted by atomic mass is 10.2. The summed E-state index contributed by atoms with van der Waals surface area (Å²) in [5.41, 5.74) is 6.17. The lowest BCUT2D eigenvalue weighted by Gasteiger charge is -2.11. The Balaban J connectivity index is 1.64. The summed E-state index contributed by atoms with van der Waals surface area (Å²) in [5, 5.41) is 4.21. The first-order valence-electron chi connectivity index (χ1n) is 9.43. The first-order valence-corrected chi connectivity index (χ1v) is 12.1. The topological polar surface area (TPSA) is 46.4 Å². The minimum absolute atomic E-state index is 0.168. The fraction of sp³-hybridized carbons (Fsp3) is 0.130. The smallest absolute Gasteiger partial charge is 0.264 e. The zero-order chi connectivity index (χ0) is 22.3. The van der Waals surface area contributed by atoms with E-state index in [-0.39, 0.29) is 5.91 Å². The number of aromatic nitrogens is 1. The largest absolute Gasteiger partial charge is 0.318 e. The third kappa shape index (κ3) is 4.72. The maximum atomic E-state index is 12.5. The van der Waals surface area contributed by atoms with Gasteiger partial charge in [0.1, 0.15) is 0 Å². The molecule has 1 aliphatic heterocycles. The highest BCUT2D eigenvalue weighted by molar-refractivity contribution is 14.1. The van der Waals surface area contributed by atoms with Crippen molar-refractivity contribution in [2.24, 2.45) is 4.99 Å². The fourth-order valence-corrected chi connectivity index (χ4v) is 4.85. The number of hydrogen-bond donors (Lipinski definition) is 1. The van der Waals surface area contributed by atoms with E-state index in [1.807, 2.05) is 6.08 Å². The van der Waals surface area contributed by atoms with Crippen LogP contribution in [0.5, 0.6) is 0 Å². The molecular weight excluding hydrogens is 564 g/mol. The molecule has 2 heterocycles. The maximum absolute atomic E-state index is 12.5. The Bertz CT molecular complexity index is 1280. The molecule has 31 heavy (non-hydrogen) atoms. The van der Waals surface area contributed by atoms with E-state index >= 15 is 0 Å². The number of amides is 1. The normalized spacial score (nSPS) is 16.4. The number of nitrogens with one attached hydrogen (secondary N) is 1. The highest BCUT2D eigenvalue weighted by Crippen LogP contribution is 2.32. The predicted molar refractivity (Wildman–Crippen MR) is 140 cm³/mol. The number of carbonyl (C=O) groups excluding carboxylic acids is 1. The lowest BCUT2D eigenvalue weighted by molar-refractivity contribution is -0.115. The van der Waals surface area contributed by atoms with Gasteiger partial charge >= 0.3 is 0 Å². The molecule has 2 aromatic carbocycles. The second-order valence-electron chi connectivity index (χ2n) is 7.18. The van der Waals surface area contributed by atoms with Gasteiger partial charge in [0.25, 0.3) is 5.91 Å². The van der Waals surface area contributed by atoms with Gasteiger partial charge in [-0.05, 0) is 115 Å². The number of benzene rings is 2. The lowest BCUT2D eigenvalue weighted by Crippen LogP contribution is -2.19. The molecule has 4 rings (SSSR count). The highest BCUT2D eigenvalue weighted by Gasteiger charge is 2.24. The number of rotatable bonds is 3. The van der Waals surface area contributed by atoms with Gasteiger partial charge in [-0.15, -0.1) is 0 Å². The molecule has 158 valence electrons. The molecule has 0 unspecified atom stereocenters. The van der Waals surface area contributed by atoms with Crippen molar-refractivity contribution in [2.75, 3.05) is 0 Å². The second kappa shape index (κ2) is 9.02. The summed E-state index contributed by atoms with van der Waals surface area (Å²) in [5.74, 6) is -0.168. The van der Waals surface area contributed by atoms with Crippen LogP contribution in [0.1, 0.15) is 22.5 Å². The number of halogens is 3. The number of aliphatic imine (C=N–C) groups is 1. The van der Waals surface area contributed by atoms with Crippen molar-refractivity contribution in [3.8, 4) is 5.69 Å². The molecule has 0 saturated carbocycles. The van der Waals surface area contributed by atoms with Crippen LogP contribution in [0.3, 0.4) is 0 Å². The fourth-order valence-electron chi connectivity index (χ4n) is 3.39. The minimum Gasteiger partial charge on any atom is -0.318 e. The number of thioether (sulfide) groups is 1. The van der Waals surface area contributed by atoms with Gasteiger partial charge < -0.3 is 9.88 Å². The van der Waals surface area contributed by atoms with E-state index in [1.165, 1.54) is 20.9 Å². The molecule has 1 saturated heterocycles. The molecule has 0 atom stereocenters. The molecule has 1 aromatic heterocycles. The summed E-state index contributed by atoms with van der Waals surface area (Å²) >= 11 is 15.7. The Morgan fingerprint density at radius 3 is 2.55 bits per heavy atom. The molecule has 8 heteroatoms. The van der Waals surface area contributed by atoms with Gasteiger partial charge in [0.05, 0.1) is 20.6 Å². The summed E-state index contributed by atoms with van der Waals surface area (Å²) in [6.07, 6.45) is 1.91. The monoisotopic (exact) mass is 581 g/mol. The quantitative estimate of drug-likeness (QED) is 0.262. The summed E-state index contributed by atoms with van der Waals surface area (Å²) in [6, 6.07) is 13.6. The van der Waals surface area contributed by atoms with Gasteiger partial charge in [0.15, 0.2) is 5.17 Å². The van der Waals surface area contributed by atoms with Gasteiger partial charge in [0, 0.05) is 20.6 Å². The number of nitrogens with zero attached hydrogens (tertiary/aromatic N) is 2. The van der Waals surface area contributed by atoms with Gasteiger partial charge in [0.2, 0.25) is 0 Å². The highest BCUT2D eigenvalue weighted by atomic mass is 127. The van der Waals surface area contributed by atoms with Crippen molar-refractivity contribution in [3.05, 3.63) is 83.5 Å². The molecule has 4 nitrogen and oxygen atoms in total. The summed E-state index contributed by atoms with van der Waals surface area (Å²) in [6.45, 7) is 6.24. The molecular formula is C23H18Cl2IN3OS. The van der Waals surface area contributed by atoms with Crippen molar-refractivity contribution in [2.45, 2.75) is 20.8 Å². The van der Waals surface area contributed by atoms with Crippen molar-refractivity contribution < 1.29 is 4.79 Å². The molecule has 1 N–H and O–H groups in total. The summed E-state index contributed by atoms with van der Waals surface area (Å²) in [7, 11) is 0. The van der Waals surface area contributed by atoms with E-state index in [2.05, 4.69) is 82.5 Å². The Morgan fingerprint density at radius 1 is 1.06 bits per heavy atom. The van der Waals surface area contributed by atoms with Crippen LogP contribution in [0.4, 0.5) is 5.69 Å². The molecule has 3 aromatic rings. The van der Waals surface area contributed by atoms with E-state index in [4.69, 9.17) is 23.2 Å². The van der Waals surface area contributed by atoms with Crippen LogP contribution in [0.15, 0.2) is 52.4 Å². The molecule has 1 fully saturated rings. The Morgan fingerprint density at radius 2 is 1.84 bits per heavy atom. The average Bonchev–Trinajstić information content (AvgIpc) is 3.19. The van der Waals surface area contributed by atoms with Crippen LogP contribution in [-0.4, -0.2) is 15.6 Å². The first-order chi connectivity index (χ1) is 14.7. The standard InChI is InChI=1S/C23H18Cl2IN3OS/c1-12-8-17(5-7-20(12)26)29-13(2)9-15(14(29)3)10-21-22(30)28-23(31-21)27-16-4-6-18(24)19(25)11-16/h4-11H,1-3H3,(H,27,28,30)/b21-10-. The van der Waals surface area contributed by atoms with Crippen molar-refractivity contribution in [1.29, 1.82) is 0 Å². The predicted octanol–water partition coefficient (Wildman–Crippen LogP) is 7.21. The Labute approximate surface area is 208 Å². The van der Waals surface area contributed by atoms with Crippen molar-refractivity contribution >= 4 is 80.4 Å². The van der Waals surface area contributed by atoms with E-state index in [0.29, 0.717) is 25.8 Å². The van der Waals surface area contributed by atoms with E-state index in [1.54, 1.807) is 18.2 Å². The second-order valence-corrected chi connectivity index (χ2v) is 10.2. The van der Waals surface area contributed by atoms with E-state index in [0.717, 1.165) is 22.6 Å². The third-order valence-corrected chi connectivity index (χ3v) is 7.80. The molecule has 1 aliphatic rings. The van der Waals surface area contributed by atoms with Crippen LogP contribution in [-0.2, 0) is 4.79 Å². The van der Waals surface area contributed by atoms with Crippen molar-refractivity contribution in [1.82, 2.24) is 9.88 Å². The van der Waals surface area contributed by atoms with Gasteiger partial charge in [-0.3, -0.25) is 4.79 Å². The molecule has 1 amide bonds. The van der Waals surface area contributed by atoms with E-state index in [9.17, 15) is 4.79 Å². The van der Waals surface area contributed by atoms with Gasteiger partial charge in [-0.2, -0.15) is 0 Å². The van der Waals surface area contributed by atoms with Crippen LogP contribution in [0.25, 0.3) is 11.8 Å². The number of carbonyl (C=O) groups is 1. The molecule has 0 spiro atoms. The first kappa shape index (κ1) is 22.5. The average molecular weight is 582 g/mol. The SMILES string of the molecule is Cc1cc(-n2c(C)cc(/C=C3\SC(=Nc4ccc(Cl)c(Cl)c4)NC3=O)c2C)ccc1I. The zero-order valence-electron chi connectivity index (χ0n) is 17.0. The minimum atomic E-state index is -0.168. The summed E-state index contributed by atoms with van der Waals surface area (Å²) < 4.78 is 3.44. The number of aryl methyl sites for hydroxylation is 2. The van der Waals surface area contributed by atoms with Crippen LogP contribution < -0.4 is 5.32 Å². The third-order valence-electron chi connectivity index (χ3n) is 4.94.